The molecule has 0 heterocycles. The zero-order valence-electron chi connectivity index (χ0n) is 9.46. The van der Waals surface area contributed by atoms with Crippen molar-refractivity contribution >= 4 is 0 Å². The number of hydrogen-bond donors (Lipinski definition) is 1. The molecule has 0 unspecified atom stereocenters. The maximum absolute atomic E-state index is 5.34. The molecule has 0 saturated carbocycles. The van der Waals surface area contributed by atoms with E-state index in [1.165, 1.54) is 12.8 Å². The van der Waals surface area contributed by atoms with Crippen LogP contribution in [-0.4, -0.2) is 33.0 Å². The van der Waals surface area contributed by atoms with Gasteiger partial charge in [-0.2, -0.15) is 6.42 Å². The van der Waals surface area contributed by atoms with E-state index in [1.807, 2.05) is 0 Å². The maximum atomic E-state index is 5.34. The molecular formula is C10H22KNO2. The summed E-state index contributed by atoms with van der Waals surface area (Å²) in [5, 5.41) is 0. The topological polar surface area (TPSA) is 44.5 Å². The molecule has 0 aromatic rings. The molecule has 3 nitrogen and oxygen atoms in total. The Balaban J connectivity index is 0. The first-order valence-corrected chi connectivity index (χ1v) is 5.06. The zero-order chi connectivity index (χ0) is 9.78. The third kappa shape index (κ3) is 16.0. The van der Waals surface area contributed by atoms with Gasteiger partial charge in [-0.15, -0.1) is 0 Å². The molecule has 0 atom stereocenters. The average molecular weight is 227 g/mol. The molecule has 0 rings (SSSR count). The average Bonchev–Trinajstić information content (AvgIpc) is 2.16. The minimum Gasteiger partial charge on any atom is -0.379 e. The monoisotopic (exact) mass is 227 g/mol. The summed E-state index contributed by atoms with van der Waals surface area (Å²) >= 11 is 0. The van der Waals surface area contributed by atoms with Crippen molar-refractivity contribution in [1.82, 2.24) is 0 Å². The largest absolute Gasteiger partial charge is 1.00 e. The van der Waals surface area contributed by atoms with Gasteiger partial charge in [0, 0.05) is 13.2 Å². The van der Waals surface area contributed by atoms with E-state index in [-0.39, 0.29) is 51.4 Å². The minimum absolute atomic E-state index is 0. The molecule has 14 heavy (non-hydrogen) atoms. The zero-order valence-corrected chi connectivity index (χ0v) is 12.6. The van der Waals surface area contributed by atoms with Crippen molar-refractivity contribution < 1.29 is 60.9 Å². The predicted molar refractivity (Wildman–Crippen MR) is 54.5 cm³/mol. The first kappa shape index (κ1) is 17.9. The number of rotatable bonds is 10. The Kier molecular flexibility index (Phi) is 21.6. The van der Waals surface area contributed by atoms with Crippen LogP contribution in [0.2, 0.25) is 0 Å². The summed E-state index contributed by atoms with van der Waals surface area (Å²) in [4.78, 5) is 0. The fraction of sp³-hybridized carbons (Fsp3) is 0.900. The Hall–Kier alpha value is 1.52. The molecule has 80 valence electrons. The number of nitrogens with two attached hydrogens (primary N) is 1. The number of unbranched alkanes of at least 4 members (excludes halogenated alkanes) is 3. The van der Waals surface area contributed by atoms with Crippen LogP contribution in [0.15, 0.2) is 0 Å². The molecule has 0 aromatic carbocycles. The van der Waals surface area contributed by atoms with Crippen LogP contribution < -0.4 is 57.1 Å². The fourth-order valence-electron chi connectivity index (χ4n) is 0.963. The van der Waals surface area contributed by atoms with E-state index in [0.717, 1.165) is 19.4 Å². The Labute approximate surface area is 131 Å². The molecule has 0 spiro atoms. The third-order valence-corrected chi connectivity index (χ3v) is 1.67. The van der Waals surface area contributed by atoms with Crippen molar-refractivity contribution in [3.8, 4) is 0 Å². The molecule has 0 aromatic heterocycles. The van der Waals surface area contributed by atoms with Gasteiger partial charge in [-0.25, -0.2) is 0 Å². The van der Waals surface area contributed by atoms with Gasteiger partial charge in [0.05, 0.1) is 19.8 Å². The molecule has 0 fully saturated rings. The van der Waals surface area contributed by atoms with Crippen molar-refractivity contribution in [2.24, 2.45) is 5.73 Å². The van der Waals surface area contributed by atoms with Gasteiger partial charge in [-0.05, 0) is 6.42 Å². The van der Waals surface area contributed by atoms with Gasteiger partial charge < -0.3 is 22.1 Å². The van der Waals surface area contributed by atoms with Crippen molar-refractivity contribution in [1.29, 1.82) is 0 Å². The molecule has 4 heteroatoms. The van der Waals surface area contributed by atoms with Gasteiger partial charge in [0.1, 0.15) is 0 Å². The molecule has 0 amide bonds. The van der Waals surface area contributed by atoms with Gasteiger partial charge in [-0.1, -0.05) is 12.8 Å². The van der Waals surface area contributed by atoms with Crippen LogP contribution in [0.1, 0.15) is 25.7 Å². The summed E-state index contributed by atoms with van der Waals surface area (Å²) in [6.45, 7) is 7.18. The van der Waals surface area contributed by atoms with Gasteiger partial charge in [0.2, 0.25) is 0 Å². The Morgan fingerprint density at radius 2 is 1.50 bits per heavy atom. The van der Waals surface area contributed by atoms with Crippen LogP contribution in [0.3, 0.4) is 0 Å². The molecule has 0 aliphatic carbocycles. The van der Waals surface area contributed by atoms with Gasteiger partial charge >= 0.3 is 51.4 Å². The molecule has 0 saturated heterocycles. The smallest absolute Gasteiger partial charge is 0.379 e. The summed E-state index contributed by atoms with van der Waals surface area (Å²) < 4.78 is 10.5. The summed E-state index contributed by atoms with van der Waals surface area (Å²) in [7, 11) is 0. The second-order valence-electron chi connectivity index (χ2n) is 2.93. The Bertz CT molecular complexity index is 84.2. The van der Waals surface area contributed by atoms with Crippen LogP contribution in [0.5, 0.6) is 0 Å². The van der Waals surface area contributed by atoms with E-state index in [2.05, 4.69) is 6.92 Å². The fourth-order valence-corrected chi connectivity index (χ4v) is 0.963. The van der Waals surface area contributed by atoms with Gasteiger partial charge in [0.15, 0.2) is 0 Å². The summed E-state index contributed by atoms with van der Waals surface area (Å²) in [5.41, 5.74) is 5.25. The SMILES string of the molecule is [CH2-]CCCCCOCCOCCN.[K+]. The molecule has 0 bridgehead atoms. The van der Waals surface area contributed by atoms with E-state index in [9.17, 15) is 0 Å². The first-order valence-electron chi connectivity index (χ1n) is 5.06. The molecule has 0 aliphatic rings. The molecular weight excluding hydrogens is 205 g/mol. The molecule has 0 radical (unpaired) electrons. The van der Waals surface area contributed by atoms with Crippen LogP contribution in [0.25, 0.3) is 0 Å². The van der Waals surface area contributed by atoms with Crippen LogP contribution in [0.4, 0.5) is 0 Å². The minimum atomic E-state index is 0. The van der Waals surface area contributed by atoms with Crippen LogP contribution in [-0.2, 0) is 9.47 Å². The van der Waals surface area contributed by atoms with Gasteiger partial charge in [0.25, 0.3) is 0 Å². The summed E-state index contributed by atoms with van der Waals surface area (Å²) in [6.07, 6.45) is 4.58. The van der Waals surface area contributed by atoms with Crippen molar-refractivity contribution in [3.05, 3.63) is 6.92 Å². The van der Waals surface area contributed by atoms with E-state index >= 15 is 0 Å². The van der Waals surface area contributed by atoms with Crippen molar-refractivity contribution in [3.63, 3.8) is 0 Å². The van der Waals surface area contributed by atoms with E-state index < -0.39 is 0 Å². The normalized spacial score (nSPS) is 9.86. The van der Waals surface area contributed by atoms with Crippen molar-refractivity contribution in [2.45, 2.75) is 25.7 Å². The second kappa shape index (κ2) is 16.9. The molecule has 2 N–H and O–H groups in total. The van der Waals surface area contributed by atoms with Crippen LogP contribution in [0, 0.1) is 6.92 Å². The number of hydrogen-bond acceptors (Lipinski definition) is 3. The van der Waals surface area contributed by atoms with E-state index in [1.54, 1.807) is 0 Å². The predicted octanol–water partition coefficient (Wildman–Crippen LogP) is -1.62. The van der Waals surface area contributed by atoms with Crippen LogP contribution >= 0.6 is 0 Å². The first-order chi connectivity index (χ1) is 6.41. The third-order valence-electron chi connectivity index (χ3n) is 1.67. The Morgan fingerprint density at radius 1 is 0.857 bits per heavy atom. The van der Waals surface area contributed by atoms with Gasteiger partial charge in [-0.3, -0.25) is 0 Å². The van der Waals surface area contributed by atoms with Crippen molar-refractivity contribution in [2.75, 3.05) is 33.0 Å². The standard InChI is InChI=1S/C10H22NO2.K/c1-2-3-4-5-7-12-9-10-13-8-6-11;/h1-11H2;/q-1;+1. The summed E-state index contributed by atoms with van der Waals surface area (Å²) in [6, 6.07) is 0. The second-order valence-corrected chi connectivity index (χ2v) is 2.93. The van der Waals surface area contributed by atoms with E-state index in [0.29, 0.717) is 26.4 Å². The maximum Gasteiger partial charge on any atom is 1.00 e. The Morgan fingerprint density at radius 3 is 2.07 bits per heavy atom. The quantitative estimate of drug-likeness (QED) is 0.277. The summed E-state index contributed by atoms with van der Waals surface area (Å²) in [5.74, 6) is 0. The molecule has 0 aliphatic heterocycles. The number of ether oxygens (including phenoxy) is 2. The van der Waals surface area contributed by atoms with E-state index in [4.69, 9.17) is 15.2 Å².